The molecule has 1 heterocycles. The first-order chi connectivity index (χ1) is 9.08. The van der Waals surface area contributed by atoms with Gasteiger partial charge in [-0.2, -0.15) is 5.10 Å². The van der Waals surface area contributed by atoms with Gasteiger partial charge in [-0.15, -0.1) is 0 Å². The van der Waals surface area contributed by atoms with E-state index in [0.29, 0.717) is 23.4 Å². The van der Waals surface area contributed by atoms with Crippen LogP contribution in [0.3, 0.4) is 0 Å². The molecule has 0 atom stereocenters. The van der Waals surface area contributed by atoms with Crippen molar-refractivity contribution >= 4 is 11.8 Å². The smallest absolute Gasteiger partial charge is 0.255 e. The number of aryl methyl sites for hydroxylation is 1. The third-order valence-electron chi connectivity index (χ3n) is 2.74. The summed E-state index contributed by atoms with van der Waals surface area (Å²) in [5.41, 5.74) is 7.65. The summed E-state index contributed by atoms with van der Waals surface area (Å²) < 4.78 is 0. The molecule has 4 N–H and O–H groups in total. The van der Waals surface area contributed by atoms with Crippen molar-refractivity contribution in [3.05, 3.63) is 52.8 Å². The largest absolute Gasteiger partial charge is 0.366 e. The summed E-state index contributed by atoms with van der Waals surface area (Å²) in [6.07, 6.45) is 1.48. The molecule has 19 heavy (non-hydrogen) atoms. The molecule has 6 nitrogen and oxygen atoms in total. The average molecular weight is 258 g/mol. The van der Waals surface area contributed by atoms with Crippen LogP contribution in [0, 0.1) is 6.92 Å². The van der Waals surface area contributed by atoms with Gasteiger partial charge in [0.1, 0.15) is 0 Å². The molecule has 6 heteroatoms. The zero-order chi connectivity index (χ0) is 13.8. The SMILES string of the molecule is Cc1[nH]ncc1C(=O)NCc1cccc(C(N)=O)c1. The number of aromatic amines is 1. The second kappa shape index (κ2) is 5.34. The van der Waals surface area contributed by atoms with E-state index in [-0.39, 0.29) is 5.91 Å². The second-order valence-corrected chi connectivity index (χ2v) is 4.16. The Balaban J connectivity index is 2.03. The van der Waals surface area contributed by atoms with E-state index in [2.05, 4.69) is 15.5 Å². The van der Waals surface area contributed by atoms with Crippen LogP contribution in [0.5, 0.6) is 0 Å². The highest BCUT2D eigenvalue weighted by Gasteiger charge is 2.10. The zero-order valence-electron chi connectivity index (χ0n) is 10.4. The topological polar surface area (TPSA) is 101 Å². The minimum atomic E-state index is -0.487. The number of nitrogens with one attached hydrogen (secondary N) is 2. The monoisotopic (exact) mass is 258 g/mol. The van der Waals surface area contributed by atoms with Gasteiger partial charge in [-0.25, -0.2) is 0 Å². The number of primary amides is 1. The van der Waals surface area contributed by atoms with Crippen molar-refractivity contribution in [2.75, 3.05) is 0 Å². The number of nitrogens with zero attached hydrogens (tertiary/aromatic N) is 1. The van der Waals surface area contributed by atoms with Gasteiger partial charge in [0.2, 0.25) is 5.91 Å². The molecule has 0 aliphatic heterocycles. The Morgan fingerprint density at radius 3 is 2.84 bits per heavy atom. The standard InChI is InChI=1S/C13H14N4O2/c1-8-11(7-16-17-8)13(19)15-6-9-3-2-4-10(5-9)12(14)18/h2-5,7H,6H2,1H3,(H2,14,18)(H,15,19)(H,16,17). The van der Waals surface area contributed by atoms with E-state index in [0.717, 1.165) is 5.56 Å². The summed E-state index contributed by atoms with van der Waals surface area (Å²) in [5.74, 6) is -0.699. The number of aromatic nitrogens is 2. The quantitative estimate of drug-likeness (QED) is 0.754. The summed E-state index contributed by atoms with van der Waals surface area (Å²) in [7, 11) is 0. The van der Waals surface area contributed by atoms with Crippen molar-refractivity contribution < 1.29 is 9.59 Å². The number of rotatable bonds is 4. The molecule has 0 saturated carbocycles. The lowest BCUT2D eigenvalue weighted by atomic mass is 10.1. The zero-order valence-corrected chi connectivity index (χ0v) is 10.4. The van der Waals surface area contributed by atoms with E-state index < -0.39 is 5.91 Å². The number of nitrogens with two attached hydrogens (primary N) is 1. The van der Waals surface area contributed by atoms with Crippen LogP contribution in [0.25, 0.3) is 0 Å². The van der Waals surface area contributed by atoms with Crippen molar-refractivity contribution in [1.29, 1.82) is 0 Å². The van der Waals surface area contributed by atoms with Crippen LogP contribution in [-0.2, 0) is 6.54 Å². The van der Waals surface area contributed by atoms with E-state index in [4.69, 9.17) is 5.73 Å². The predicted molar refractivity (Wildman–Crippen MR) is 69.5 cm³/mol. The lowest BCUT2D eigenvalue weighted by Crippen LogP contribution is -2.23. The number of amides is 2. The van der Waals surface area contributed by atoms with Gasteiger partial charge < -0.3 is 11.1 Å². The van der Waals surface area contributed by atoms with E-state index in [1.807, 2.05) is 6.07 Å². The molecule has 0 unspecified atom stereocenters. The molecule has 0 aliphatic rings. The highest BCUT2D eigenvalue weighted by molar-refractivity contribution is 5.95. The van der Waals surface area contributed by atoms with Crippen LogP contribution in [0.1, 0.15) is 32.0 Å². The molecule has 2 amide bonds. The van der Waals surface area contributed by atoms with E-state index >= 15 is 0 Å². The van der Waals surface area contributed by atoms with Crippen LogP contribution >= 0.6 is 0 Å². The maximum Gasteiger partial charge on any atom is 0.255 e. The highest BCUT2D eigenvalue weighted by Crippen LogP contribution is 2.06. The minimum absolute atomic E-state index is 0.212. The molecular weight excluding hydrogens is 244 g/mol. The lowest BCUT2D eigenvalue weighted by molar-refractivity contribution is 0.0949. The molecule has 2 rings (SSSR count). The third-order valence-corrected chi connectivity index (χ3v) is 2.74. The molecule has 98 valence electrons. The number of hydrogen-bond donors (Lipinski definition) is 3. The lowest BCUT2D eigenvalue weighted by Gasteiger charge is -2.05. The van der Waals surface area contributed by atoms with Gasteiger partial charge in [-0.1, -0.05) is 12.1 Å². The fourth-order valence-corrected chi connectivity index (χ4v) is 1.69. The van der Waals surface area contributed by atoms with Gasteiger partial charge in [0.15, 0.2) is 0 Å². The molecule has 0 fully saturated rings. The highest BCUT2D eigenvalue weighted by atomic mass is 16.2. The number of carbonyl (C=O) groups is 2. The summed E-state index contributed by atoms with van der Waals surface area (Å²) in [6, 6.07) is 6.83. The molecule has 0 aliphatic carbocycles. The molecule has 0 saturated heterocycles. The van der Waals surface area contributed by atoms with Gasteiger partial charge in [0.05, 0.1) is 11.8 Å². The first kappa shape index (κ1) is 12.8. The van der Waals surface area contributed by atoms with Gasteiger partial charge in [0.25, 0.3) is 5.91 Å². The van der Waals surface area contributed by atoms with Crippen LogP contribution in [0.4, 0.5) is 0 Å². The molecule has 2 aromatic rings. The number of benzene rings is 1. The maximum atomic E-state index is 11.9. The number of hydrogen-bond acceptors (Lipinski definition) is 3. The van der Waals surface area contributed by atoms with Gasteiger partial charge in [-0.3, -0.25) is 14.7 Å². The van der Waals surface area contributed by atoms with E-state index in [9.17, 15) is 9.59 Å². The third kappa shape index (κ3) is 2.98. The normalized spacial score (nSPS) is 10.2. The predicted octanol–water partition coefficient (Wildman–Crippen LogP) is 0.747. The Morgan fingerprint density at radius 1 is 1.42 bits per heavy atom. The number of H-pyrrole nitrogens is 1. The summed E-state index contributed by atoms with van der Waals surface area (Å²) in [4.78, 5) is 22.9. The summed E-state index contributed by atoms with van der Waals surface area (Å²) in [6.45, 7) is 2.10. The van der Waals surface area contributed by atoms with Crippen molar-refractivity contribution in [1.82, 2.24) is 15.5 Å². The molecule has 0 spiro atoms. The first-order valence-electron chi connectivity index (χ1n) is 5.75. The minimum Gasteiger partial charge on any atom is -0.366 e. The Bertz CT molecular complexity index is 619. The van der Waals surface area contributed by atoms with Crippen LogP contribution in [0.2, 0.25) is 0 Å². The molecule has 1 aromatic heterocycles. The fourth-order valence-electron chi connectivity index (χ4n) is 1.69. The number of carbonyl (C=O) groups excluding carboxylic acids is 2. The Morgan fingerprint density at radius 2 is 2.21 bits per heavy atom. The van der Waals surface area contributed by atoms with Crippen molar-refractivity contribution in [3.8, 4) is 0 Å². The summed E-state index contributed by atoms with van der Waals surface area (Å²) in [5, 5.41) is 9.25. The Labute approximate surface area is 110 Å². The molecular formula is C13H14N4O2. The molecule has 0 bridgehead atoms. The van der Waals surface area contributed by atoms with Crippen molar-refractivity contribution in [2.24, 2.45) is 5.73 Å². The molecule has 0 radical (unpaired) electrons. The Kier molecular flexibility index (Phi) is 3.61. The molecule has 1 aromatic carbocycles. The van der Waals surface area contributed by atoms with Gasteiger partial charge >= 0.3 is 0 Å². The first-order valence-corrected chi connectivity index (χ1v) is 5.75. The van der Waals surface area contributed by atoms with Gasteiger partial charge in [-0.05, 0) is 24.6 Å². The van der Waals surface area contributed by atoms with Crippen molar-refractivity contribution in [2.45, 2.75) is 13.5 Å². The fraction of sp³-hybridized carbons (Fsp3) is 0.154. The van der Waals surface area contributed by atoms with Crippen LogP contribution in [-0.4, -0.2) is 22.0 Å². The average Bonchev–Trinajstić information content (AvgIpc) is 2.82. The maximum absolute atomic E-state index is 11.9. The van der Waals surface area contributed by atoms with Gasteiger partial charge in [0, 0.05) is 17.8 Å². The van der Waals surface area contributed by atoms with Crippen LogP contribution in [0.15, 0.2) is 30.5 Å². The van der Waals surface area contributed by atoms with E-state index in [1.54, 1.807) is 25.1 Å². The second-order valence-electron chi connectivity index (χ2n) is 4.16. The van der Waals surface area contributed by atoms with Crippen molar-refractivity contribution in [3.63, 3.8) is 0 Å². The Hall–Kier alpha value is -2.63. The van der Waals surface area contributed by atoms with E-state index in [1.165, 1.54) is 6.20 Å². The summed E-state index contributed by atoms with van der Waals surface area (Å²) >= 11 is 0. The van der Waals surface area contributed by atoms with Crippen LogP contribution < -0.4 is 11.1 Å².